The molecule has 0 saturated carbocycles. The second kappa shape index (κ2) is 9.44. The van der Waals surface area contributed by atoms with Gasteiger partial charge in [0, 0.05) is 6.54 Å². The Morgan fingerprint density at radius 1 is 0.893 bits per heavy atom. The molecule has 1 atom stereocenters. The third kappa shape index (κ3) is 4.68. The second-order valence-electron chi connectivity index (χ2n) is 7.55. The highest BCUT2D eigenvalue weighted by molar-refractivity contribution is 8.04. The van der Waals surface area contributed by atoms with E-state index in [9.17, 15) is 4.79 Å². The molecule has 2 aliphatic heterocycles. The maximum absolute atomic E-state index is 13.2. The zero-order chi connectivity index (χ0) is 19.2. The smallest absolute Gasteiger partial charge is 0.261 e. The Labute approximate surface area is 172 Å². The first-order chi connectivity index (χ1) is 13.8. The van der Waals surface area contributed by atoms with Crippen LogP contribution in [0.3, 0.4) is 0 Å². The van der Waals surface area contributed by atoms with Gasteiger partial charge >= 0.3 is 0 Å². The van der Waals surface area contributed by atoms with Crippen molar-refractivity contribution in [2.75, 3.05) is 26.2 Å². The molecular weight excluding hydrogens is 364 g/mol. The van der Waals surface area contributed by atoms with Crippen LogP contribution in [0.5, 0.6) is 0 Å². The number of thioether (sulfide) groups is 1. The van der Waals surface area contributed by atoms with Crippen LogP contribution in [-0.4, -0.2) is 41.9 Å². The zero-order valence-corrected chi connectivity index (χ0v) is 17.1. The fraction of sp³-hybridized carbons (Fsp3) is 0.375. The third-order valence-corrected chi connectivity index (χ3v) is 6.79. The van der Waals surface area contributed by atoms with Crippen LogP contribution >= 0.6 is 11.8 Å². The van der Waals surface area contributed by atoms with Gasteiger partial charge in [-0.1, -0.05) is 78.8 Å². The first kappa shape index (κ1) is 19.3. The van der Waals surface area contributed by atoms with Gasteiger partial charge in [0.2, 0.25) is 0 Å². The number of hydrogen-bond donors (Lipinski definition) is 0. The molecule has 146 valence electrons. The fourth-order valence-corrected chi connectivity index (χ4v) is 5.30. The highest BCUT2D eigenvalue weighted by atomic mass is 32.2. The first-order valence-corrected chi connectivity index (χ1v) is 11.2. The van der Waals surface area contributed by atoms with Crippen LogP contribution in [0.25, 0.3) is 6.08 Å². The average molecular weight is 393 g/mol. The molecule has 4 heteroatoms. The molecule has 2 aromatic carbocycles. The predicted octanol–water partition coefficient (Wildman–Crippen LogP) is 5.18. The zero-order valence-electron chi connectivity index (χ0n) is 16.3. The third-order valence-electron chi connectivity index (χ3n) is 5.50. The molecule has 1 amide bonds. The van der Waals surface area contributed by atoms with E-state index in [1.54, 1.807) is 11.8 Å². The van der Waals surface area contributed by atoms with Crippen molar-refractivity contribution in [3.8, 4) is 0 Å². The number of hydrogen-bond acceptors (Lipinski definition) is 3. The Morgan fingerprint density at radius 2 is 1.57 bits per heavy atom. The first-order valence-electron chi connectivity index (χ1n) is 10.3. The molecule has 28 heavy (non-hydrogen) atoms. The van der Waals surface area contributed by atoms with Gasteiger partial charge in [0.05, 0.1) is 4.91 Å². The summed E-state index contributed by atoms with van der Waals surface area (Å²) in [6, 6.07) is 20.6. The maximum Gasteiger partial charge on any atom is 0.261 e. The summed E-state index contributed by atoms with van der Waals surface area (Å²) in [6.45, 7) is 4.33. The van der Waals surface area contributed by atoms with Gasteiger partial charge in [0.1, 0.15) is 5.37 Å². The topological polar surface area (TPSA) is 23.6 Å². The number of nitrogens with zero attached hydrogens (tertiary/aromatic N) is 2. The summed E-state index contributed by atoms with van der Waals surface area (Å²) in [5.41, 5.74) is 2.29. The highest BCUT2D eigenvalue weighted by Crippen LogP contribution is 2.46. The average Bonchev–Trinajstić information content (AvgIpc) is 3.06. The molecule has 1 unspecified atom stereocenters. The van der Waals surface area contributed by atoms with Crippen LogP contribution in [0.1, 0.15) is 42.2 Å². The number of rotatable bonds is 6. The van der Waals surface area contributed by atoms with Gasteiger partial charge in [-0.25, -0.2) is 0 Å². The standard InChI is InChI=1S/C24H28N2OS/c27-23-22(19-20-11-4-1-5-12-20)28-24(21-13-6-2-7-14-21)26(23)18-10-17-25-15-8-3-9-16-25/h1-2,4-7,11-14,19,24H,3,8-10,15-18H2. The van der Waals surface area contributed by atoms with E-state index in [2.05, 4.69) is 46.2 Å². The van der Waals surface area contributed by atoms with Gasteiger partial charge < -0.3 is 9.80 Å². The summed E-state index contributed by atoms with van der Waals surface area (Å²) in [5.74, 6) is 0.168. The fourth-order valence-electron chi connectivity index (χ4n) is 4.01. The van der Waals surface area contributed by atoms with Crippen molar-refractivity contribution in [1.29, 1.82) is 0 Å². The molecule has 2 fully saturated rings. The molecule has 3 nitrogen and oxygen atoms in total. The van der Waals surface area contributed by atoms with Crippen molar-refractivity contribution in [2.45, 2.75) is 31.1 Å². The Morgan fingerprint density at radius 3 is 2.29 bits per heavy atom. The highest BCUT2D eigenvalue weighted by Gasteiger charge is 2.36. The Balaban J connectivity index is 1.49. The van der Waals surface area contributed by atoms with Gasteiger partial charge in [-0.15, -0.1) is 0 Å². The van der Waals surface area contributed by atoms with Crippen molar-refractivity contribution < 1.29 is 4.79 Å². The monoisotopic (exact) mass is 392 g/mol. The van der Waals surface area contributed by atoms with E-state index in [0.29, 0.717) is 0 Å². The normalized spacial score (nSPS) is 22.1. The quantitative estimate of drug-likeness (QED) is 0.633. The lowest BCUT2D eigenvalue weighted by molar-refractivity contribution is -0.126. The van der Waals surface area contributed by atoms with E-state index >= 15 is 0 Å². The van der Waals surface area contributed by atoms with E-state index in [4.69, 9.17) is 0 Å². The van der Waals surface area contributed by atoms with E-state index in [1.807, 2.05) is 30.3 Å². The predicted molar refractivity (Wildman–Crippen MR) is 118 cm³/mol. The molecule has 2 saturated heterocycles. The molecule has 2 aliphatic rings. The van der Waals surface area contributed by atoms with Crippen molar-refractivity contribution in [1.82, 2.24) is 9.80 Å². The lowest BCUT2D eigenvalue weighted by Crippen LogP contribution is -2.34. The summed E-state index contributed by atoms with van der Waals surface area (Å²) >= 11 is 1.68. The van der Waals surface area contributed by atoms with E-state index in [-0.39, 0.29) is 11.3 Å². The second-order valence-corrected chi connectivity index (χ2v) is 8.68. The molecule has 0 bridgehead atoms. The number of likely N-dealkylation sites (tertiary alicyclic amines) is 1. The molecule has 2 aromatic rings. The molecule has 4 rings (SSSR count). The summed E-state index contributed by atoms with van der Waals surface area (Å²) in [6.07, 6.45) is 7.06. The van der Waals surface area contributed by atoms with Crippen LogP contribution < -0.4 is 0 Å². The number of amides is 1. The minimum atomic E-state index is 0.0741. The Hall–Kier alpha value is -2.04. The minimum Gasteiger partial charge on any atom is -0.322 e. The van der Waals surface area contributed by atoms with Crippen molar-refractivity contribution in [3.05, 3.63) is 76.7 Å². The molecule has 0 aromatic heterocycles. The van der Waals surface area contributed by atoms with Gasteiger partial charge in [-0.3, -0.25) is 4.79 Å². The van der Waals surface area contributed by atoms with Crippen LogP contribution in [0.4, 0.5) is 0 Å². The van der Waals surface area contributed by atoms with E-state index in [1.165, 1.54) is 37.9 Å². The van der Waals surface area contributed by atoms with E-state index < -0.39 is 0 Å². The summed E-state index contributed by atoms with van der Waals surface area (Å²) < 4.78 is 0. The molecule has 0 N–H and O–H groups in total. The van der Waals surface area contributed by atoms with Crippen LogP contribution in [0.15, 0.2) is 65.6 Å². The minimum absolute atomic E-state index is 0.0741. The lowest BCUT2D eigenvalue weighted by atomic mass is 10.1. The SMILES string of the molecule is O=C1C(=Cc2ccccc2)SC(c2ccccc2)N1CCCN1CCCCC1. The Bertz CT molecular complexity index is 800. The summed E-state index contributed by atoms with van der Waals surface area (Å²) in [5, 5.41) is 0.0741. The lowest BCUT2D eigenvalue weighted by Gasteiger charge is -2.28. The van der Waals surface area contributed by atoms with Gasteiger partial charge in [-0.05, 0) is 56.1 Å². The molecular formula is C24H28N2OS. The van der Waals surface area contributed by atoms with Crippen molar-refractivity contribution in [2.24, 2.45) is 0 Å². The number of benzene rings is 2. The largest absolute Gasteiger partial charge is 0.322 e. The number of carbonyl (C=O) groups is 1. The Kier molecular flexibility index (Phi) is 6.50. The molecule has 0 aliphatic carbocycles. The number of carbonyl (C=O) groups excluding carboxylic acids is 1. The van der Waals surface area contributed by atoms with Crippen LogP contribution in [-0.2, 0) is 4.79 Å². The van der Waals surface area contributed by atoms with Gasteiger partial charge in [0.25, 0.3) is 5.91 Å². The van der Waals surface area contributed by atoms with E-state index in [0.717, 1.165) is 30.0 Å². The molecule has 2 heterocycles. The summed E-state index contributed by atoms with van der Waals surface area (Å²) in [4.78, 5) is 18.7. The van der Waals surface area contributed by atoms with Crippen molar-refractivity contribution in [3.63, 3.8) is 0 Å². The molecule has 0 spiro atoms. The van der Waals surface area contributed by atoms with Gasteiger partial charge in [0.15, 0.2) is 0 Å². The maximum atomic E-state index is 13.2. The number of piperidine rings is 1. The van der Waals surface area contributed by atoms with Crippen LogP contribution in [0.2, 0.25) is 0 Å². The van der Waals surface area contributed by atoms with Gasteiger partial charge in [-0.2, -0.15) is 0 Å². The van der Waals surface area contributed by atoms with Crippen molar-refractivity contribution >= 4 is 23.7 Å². The molecule has 0 radical (unpaired) electrons. The summed E-state index contributed by atoms with van der Waals surface area (Å²) in [7, 11) is 0. The van der Waals surface area contributed by atoms with Crippen LogP contribution in [0, 0.1) is 0 Å².